The molecule has 27 heavy (non-hydrogen) atoms. The number of rotatable bonds is 8. The Balaban J connectivity index is 0.00000364. The number of guanidine groups is 1. The molecule has 0 aliphatic carbocycles. The van der Waals surface area contributed by atoms with Crippen molar-refractivity contribution >= 4 is 29.9 Å². The van der Waals surface area contributed by atoms with E-state index < -0.39 is 0 Å². The molecule has 2 unspecified atom stereocenters. The molecule has 1 heterocycles. The highest BCUT2D eigenvalue weighted by molar-refractivity contribution is 14.0. The maximum atomic E-state index is 13.2. The van der Waals surface area contributed by atoms with Crippen molar-refractivity contribution in [1.82, 2.24) is 10.2 Å². The Labute approximate surface area is 179 Å². The molecule has 0 bridgehead atoms. The Bertz CT molecular complexity index is 557. The van der Waals surface area contributed by atoms with Gasteiger partial charge in [0.2, 0.25) is 0 Å². The molecule has 1 fully saturated rings. The first kappa shape index (κ1) is 24.1. The average molecular weight is 493 g/mol. The van der Waals surface area contributed by atoms with Crippen molar-refractivity contribution < 1.29 is 13.9 Å². The summed E-state index contributed by atoms with van der Waals surface area (Å²) in [6.07, 6.45) is 2.03. The van der Waals surface area contributed by atoms with Gasteiger partial charge in [0.25, 0.3) is 0 Å². The van der Waals surface area contributed by atoms with Crippen LogP contribution in [0.5, 0.6) is 0 Å². The Hall–Kier alpha value is -0.930. The third kappa shape index (κ3) is 8.31. The first-order chi connectivity index (χ1) is 12.6. The summed E-state index contributed by atoms with van der Waals surface area (Å²) in [5.74, 6) is 0.697. The Kier molecular flexibility index (Phi) is 11.9. The molecule has 1 aliphatic rings. The number of unbranched alkanes of at least 4 members (excludes halogenated alkanes) is 1. The molecule has 2 rings (SSSR count). The molecule has 1 aliphatic heterocycles. The highest BCUT2D eigenvalue weighted by Crippen LogP contribution is 2.25. The Morgan fingerprint density at radius 2 is 2.00 bits per heavy atom. The van der Waals surface area contributed by atoms with Gasteiger partial charge in [-0.3, -0.25) is 4.99 Å². The summed E-state index contributed by atoms with van der Waals surface area (Å²) in [5, 5.41) is 3.39. The SMILES string of the molecule is CCNC(=NCCCCOCC)N1CC(C)OC(c2ccc(F)cc2)C1.I. The fourth-order valence-corrected chi connectivity index (χ4v) is 3.06. The number of aliphatic imine (C=N–C) groups is 1. The van der Waals surface area contributed by atoms with E-state index in [0.29, 0.717) is 6.54 Å². The summed E-state index contributed by atoms with van der Waals surface area (Å²) in [6.45, 7) is 10.8. The minimum absolute atomic E-state index is 0. The predicted molar refractivity (Wildman–Crippen MR) is 118 cm³/mol. The molecule has 7 heteroatoms. The van der Waals surface area contributed by atoms with Crippen LogP contribution in [0.3, 0.4) is 0 Å². The largest absolute Gasteiger partial charge is 0.382 e. The minimum atomic E-state index is -0.226. The van der Waals surface area contributed by atoms with Gasteiger partial charge in [-0.1, -0.05) is 12.1 Å². The van der Waals surface area contributed by atoms with Crippen LogP contribution in [-0.2, 0) is 9.47 Å². The second-order valence-electron chi connectivity index (χ2n) is 6.53. The number of morpholine rings is 1. The fourth-order valence-electron chi connectivity index (χ4n) is 3.06. The Morgan fingerprint density at radius 1 is 1.26 bits per heavy atom. The maximum absolute atomic E-state index is 13.2. The molecule has 0 spiro atoms. The molecule has 2 atom stereocenters. The van der Waals surface area contributed by atoms with Gasteiger partial charge in [-0.05, 0) is 51.3 Å². The molecular weight excluding hydrogens is 460 g/mol. The normalized spacial score (nSPS) is 20.3. The van der Waals surface area contributed by atoms with Crippen LogP contribution < -0.4 is 5.32 Å². The standard InChI is InChI=1S/C20H32FN3O2.HI/c1-4-22-20(23-12-6-7-13-25-5-2)24-14-16(3)26-19(15-24)17-8-10-18(21)11-9-17;/h8-11,16,19H,4-7,12-15H2,1-3H3,(H,22,23);1H. The number of hydrogen-bond acceptors (Lipinski definition) is 3. The van der Waals surface area contributed by atoms with Crippen molar-refractivity contribution in [3.63, 3.8) is 0 Å². The number of ether oxygens (including phenoxy) is 2. The van der Waals surface area contributed by atoms with Crippen LogP contribution in [0.4, 0.5) is 4.39 Å². The van der Waals surface area contributed by atoms with Gasteiger partial charge in [-0.2, -0.15) is 0 Å². The zero-order valence-corrected chi connectivity index (χ0v) is 18.9. The summed E-state index contributed by atoms with van der Waals surface area (Å²) < 4.78 is 24.6. The minimum Gasteiger partial charge on any atom is -0.382 e. The zero-order chi connectivity index (χ0) is 18.8. The van der Waals surface area contributed by atoms with Crippen LogP contribution in [0.15, 0.2) is 29.3 Å². The summed E-state index contributed by atoms with van der Waals surface area (Å²) in [6, 6.07) is 6.57. The molecule has 1 aromatic rings. The van der Waals surface area contributed by atoms with Crippen LogP contribution in [0, 0.1) is 5.82 Å². The predicted octanol–water partition coefficient (Wildman–Crippen LogP) is 3.99. The van der Waals surface area contributed by atoms with Gasteiger partial charge in [-0.25, -0.2) is 4.39 Å². The van der Waals surface area contributed by atoms with Crippen LogP contribution in [0.2, 0.25) is 0 Å². The van der Waals surface area contributed by atoms with E-state index in [1.807, 2.05) is 6.92 Å². The van der Waals surface area contributed by atoms with Gasteiger partial charge in [0.1, 0.15) is 11.9 Å². The van der Waals surface area contributed by atoms with Crippen molar-refractivity contribution in [3.8, 4) is 0 Å². The highest BCUT2D eigenvalue weighted by atomic mass is 127. The van der Waals surface area contributed by atoms with E-state index in [1.165, 1.54) is 12.1 Å². The van der Waals surface area contributed by atoms with Crippen LogP contribution in [-0.4, -0.2) is 56.4 Å². The van der Waals surface area contributed by atoms with Gasteiger partial charge in [0.15, 0.2) is 5.96 Å². The zero-order valence-electron chi connectivity index (χ0n) is 16.6. The lowest BCUT2D eigenvalue weighted by molar-refractivity contribution is -0.0605. The first-order valence-electron chi connectivity index (χ1n) is 9.66. The van der Waals surface area contributed by atoms with E-state index in [-0.39, 0.29) is 42.0 Å². The van der Waals surface area contributed by atoms with E-state index >= 15 is 0 Å². The smallest absolute Gasteiger partial charge is 0.194 e. The number of nitrogens with one attached hydrogen (secondary N) is 1. The van der Waals surface area contributed by atoms with E-state index in [1.54, 1.807) is 12.1 Å². The van der Waals surface area contributed by atoms with Crippen molar-refractivity contribution in [2.75, 3.05) is 39.4 Å². The van der Waals surface area contributed by atoms with Gasteiger partial charge >= 0.3 is 0 Å². The summed E-state index contributed by atoms with van der Waals surface area (Å²) in [7, 11) is 0. The van der Waals surface area contributed by atoms with E-state index in [2.05, 4.69) is 24.1 Å². The second kappa shape index (κ2) is 13.3. The Morgan fingerprint density at radius 3 is 2.67 bits per heavy atom. The molecule has 1 N–H and O–H groups in total. The van der Waals surface area contributed by atoms with E-state index in [0.717, 1.165) is 57.2 Å². The van der Waals surface area contributed by atoms with Crippen molar-refractivity contribution in [2.45, 2.75) is 45.8 Å². The monoisotopic (exact) mass is 493 g/mol. The summed E-state index contributed by atoms with van der Waals surface area (Å²) in [4.78, 5) is 7.02. The van der Waals surface area contributed by atoms with Crippen molar-refractivity contribution in [3.05, 3.63) is 35.6 Å². The summed E-state index contributed by atoms with van der Waals surface area (Å²) >= 11 is 0. The highest BCUT2D eigenvalue weighted by Gasteiger charge is 2.28. The van der Waals surface area contributed by atoms with Gasteiger partial charge in [0, 0.05) is 32.8 Å². The third-order valence-electron chi connectivity index (χ3n) is 4.30. The molecule has 0 radical (unpaired) electrons. The topological polar surface area (TPSA) is 46.1 Å². The van der Waals surface area contributed by atoms with Gasteiger partial charge in [-0.15, -0.1) is 24.0 Å². The number of halogens is 2. The molecule has 0 amide bonds. The first-order valence-corrected chi connectivity index (χ1v) is 9.66. The number of benzene rings is 1. The lowest BCUT2D eigenvalue weighted by atomic mass is 10.1. The van der Waals surface area contributed by atoms with Crippen molar-refractivity contribution in [2.24, 2.45) is 4.99 Å². The van der Waals surface area contributed by atoms with Gasteiger partial charge < -0.3 is 19.7 Å². The van der Waals surface area contributed by atoms with E-state index in [9.17, 15) is 4.39 Å². The molecule has 5 nitrogen and oxygen atoms in total. The lowest BCUT2D eigenvalue weighted by Gasteiger charge is -2.38. The fraction of sp³-hybridized carbons (Fsp3) is 0.650. The van der Waals surface area contributed by atoms with Crippen LogP contribution in [0.1, 0.15) is 45.3 Å². The molecule has 0 aromatic heterocycles. The second-order valence-corrected chi connectivity index (χ2v) is 6.53. The number of nitrogens with zero attached hydrogens (tertiary/aromatic N) is 2. The summed E-state index contributed by atoms with van der Waals surface area (Å²) in [5.41, 5.74) is 0.996. The van der Waals surface area contributed by atoms with E-state index in [4.69, 9.17) is 14.5 Å². The van der Waals surface area contributed by atoms with Crippen LogP contribution in [0.25, 0.3) is 0 Å². The lowest BCUT2D eigenvalue weighted by Crippen LogP contribution is -2.50. The number of hydrogen-bond donors (Lipinski definition) is 1. The maximum Gasteiger partial charge on any atom is 0.194 e. The van der Waals surface area contributed by atoms with Crippen molar-refractivity contribution in [1.29, 1.82) is 0 Å². The average Bonchev–Trinajstić information content (AvgIpc) is 2.63. The molecular formula is C20H33FIN3O2. The molecule has 1 saturated heterocycles. The molecule has 1 aromatic carbocycles. The third-order valence-corrected chi connectivity index (χ3v) is 4.30. The quantitative estimate of drug-likeness (QED) is 0.258. The van der Waals surface area contributed by atoms with Gasteiger partial charge in [0.05, 0.1) is 12.6 Å². The molecule has 154 valence electrons. The molecule has 0 saturated carbocycles. The van der Waals surface area contributed by atoms with Crippen LogP contribution >= 0.6 is 24.0 Å².